The third-order valence-corrected chi connectivity index (χ3v) is 3.69. The lowest BCUT2D eigenvalue weighted by Gasteiger charge is -2.26. The number of benzene rings is 2. The van der Waals surface area contributed by atoms with Gasteiger partial charge in [-0.05, 0) is 38.5 Å². The van der Waals surface area contributed by atoms with E-state index in [1.54, 1.807) is 0 Å². The van der Waals surface area contributed by atoms with E-state index in [0.717, 1.165) is 11.1 Å². The van der Waals surface area contributed by atoms with Crippen molar-refractivity contribution in [1.29, 1.82) is 0 Å². The van der Waals surface area contributed by atoms with Crippen molar-refractivity contribution in [2.45, 2.75) is 33.3 Å². The molecule has 0 fully saturated rings. The van der Waals surface area contributed by atoms with E-state index in [1.807, 2.05) is 25.1 Å². The van der Waals surface area contributed by atoms with E-state index in [1.165, 1.54) is 11.1 Å². The second-order valence-corrected chi connectivity index (χ2v) is 5.65. The lowest BCUT2D eigenvalue weighted by molar-refractivity contribution is 0.0850. The Morgan fingerprint density at radius 2 is 1.65 bits per heavy atom. The number of hydrogen-bond acceptors (Lipinski definition) is 2. The lowest BCUT2D eigenvalue weighted by Crippen LogP contribution is -2.20. The summed E-state index contributed by atoms with van der Waals surface area (Å²) in [6.45, 7) is 6.13. The number of aryl methyl sites for hydroxylation is 3. The molecule has 0 radical (unpaired) electrons. The Morgan fingerprint density at radius 1 is 0.950 bits per heavy atom. The van der Waals surface area contributed by atoms with Gasteiger partial charge in [-0.2, -0.15) is 0 Å². The summed E-state index contributed by atoms with van der Waals surface area (Å²) in [5.41, 5.74) is 5.29. The zero-order valence-corrected chi connectivity index (χ0v) is 12.1. The minimum atomic E-state index is -0.170. The summed E-state index contributed by atoms with van der Waals surface area (Å²) in [6.07, 6.45) is 0.246. The molecule has 1 aliphatic rings. The van der Waals surface area contributed by atoms with Gasteiger partial charge in [-0.1, -0.05) is 41.0 Å². The van der Waals surface area contributed by atoms with Crippen molar-refractivity contribution in [1.82, 2.24) is 0 Å². The predicted octanol–water partition coefficient (Wildman–Crippen LogP) is 4.32. The number of fused-ring (bicyclic) bond motifs is 1. The first-order valence-corrected chi connectivity index (χ1v) is 6.91. The summed E-state index contributed by atoms with van der Waals surface area (Å²) in [6, 6.07) is 12.1. The summed E-state index contributed by atoms with van der Waals surface area (Å²) in [5, 5.41) is 0. The first-order chi connectivity index (χ1) is 9.52. The molecule has 2 nitrogen and oxygen atoms in total. The molecule has 2 aromatic rings. The minimum absolute atomic E-state index is 0.166. The standard InChI is InChI=1S/C18H18O2/c1-11-4-5-17-15(9-11)16(19)10-18(20-17)14-7-12(2)6-13(3)8-14/h4-9,18H,10H2,1-3H3. The molecule has 1 heterocycles. The molecule has 0 bridgehead atoms. The molecule has 102 valence electrons. The molecule has 20 heavy (non-hydrogen) atoms. The zero-order valence-electron chi connectivity index (χ0n) is 12.1. The molecule has 1 atom stereocenters. The molecule has 0 spiro atoms. The summed E-state index contributed by atoms with van der Waals surface area (Å²) in [5.74, 6) is 0.870. The van der Waals surface area contributed by atoms with Gasteiger partial charge in [0.15, 0.2) is 5.78 Å². The largest absolute Gasteiger partial charge is 0.484 e. The summed E-state index contributed by atoms with van der Waals surface area (Å²) in [7, 11) is 0. The van der Waals surface area contributed by atoms with Gasteiger partial charge >= 0.3 is 0 Å². The van der Waals surface area contributed by atoms with E-state index in [-0.39, 0.29) is 11.9 Å². The van der Waals surface area contributed by atoms with E-state index in [0.29, 0.717) is 17.7 Å². The van der Waals surface area contributed by atoms with Gasteiger partial charge in [0.1, 0.15) is 11.9 Å². The highest BCUT2D eigenvalue weighted by molar-refractivity contribution is 6.00. The van der Waals surface area contributed by atoms with Crippen LogP contribution in [0.3, 0.4) is 0 Å². The Morgan fingerprint density at radius 3 is 2.35 bits per heavy atom. The number of ether oxygens (including phenoxy) is 1. The third kappa shape index (κ3) is 2.34. The normalized spacial score (nSPS) is 17.6. The van der Waals surface area contributed by atoms with Gasteiger partial charge in [0.2, 0.25) is 0 Å². The Kier molecular flexibility index (Phi) is 3.09. The number of hydrogen-bond donors (Lipinski definition) is 0. The van der Waals surface area contributed by atoms with Crippen LogP contribution in [0, 0.1) is 20.8 Å². The average Bonchev–Trinajstić information content (AvgIpc) is 2.38. The van der Waals surface area contributed by atoms with Crippen LogP contribution in [0.1, 0.15) is 45.1 Å². The molecule has 0 saturated carbocycles. The molecule has 2 aromatic carbocycles. The van der Waals surface area contributed by atoms with Crippen molar-refractivity contribution in [3.05, 3.63) is 64.2 Å². The van der Waals surface area contributed by atoms with Gasteiger partial charge in [-0.15, -0.1) is 0 Å². The summed E-state index contributed by atoms with van der Waals surface area (Å²) < 4.78 is 6.03. The molecule has 1 unspecified atom stereocenters. The van der Waals surface area contributed by atoms with Gasteiger partial charge in [0.05, 0.1) is 12.0 Å². The van der Waals surface area contributed by atoms with E-state index in [9.17, 15) is 4.79 Å². The van der Waals surface area contributed by atoms with Gasteiger partial charge in [-0.3, -0.25) is 4.79 Å². The van der Waals surface area contributed by atoms with Crippen LogP contribution in [0.4, 0.5) is 0 Å². The predicted molar refractivity (Wildman–Crippen MR) is 79.4 cm³/mol. The Labute approximate surface area is 119 Å². The molecular formula is C18H18O2. The van der Waals surface area contributed by atoms with Crippen LogP contribution >= 0.6 is 0 Å². The maximum Gasteiger partial charge on any atom is 0.170 e. The van der Waals surface area contributed by atoms with E-state index >= 15 is 0 Å². The molecule has 0 saturated heterocycles. The third-order valence-electron chi connectivity index (χ3n) is 3.69. The summed E-state index contributed by atoms with van der Waals surface area (Å²) in [4.78, 5) is 12.3. The smallest absolute Gasteiger partial charge is 0.170 e. The van der Waals surface area contributed by atoms with Crippen LogP contribution in [-0.2, 0) is 0 Å². The van der Waals surface area contributed by atoms with Crippen molar-refractivity contribution >= 4 is 5.78 Å². The zero-order chi connectivity index (χ0) is 14.3. The highest BCUT2D eigenvalue weighted by Crippen LogP contribution is 2.35. The Bertz CT molecular complexity index is 666. The van der Waals surface area contributed by atoms with E-state index < -0.39 is 0 Å². The van der Waals surface area contributed by atoms with Crippen molar-refractivity contribution in [2.75, 3.05) is 0 Å². The fraction of sp³-hybridized carbons (Fsp3) is 0.278. The molecule has 0 aliphatic carbocycles. The highest BCUT2D eigenvalue weighted by Gasteiger charge is 2.27. The molecule has 0 N–H and O–H groups in total. The average molecular weight is 266 g/mol. The van der Waals surface area contributed by atoms with Crippen molar-refractivity contribution in [2.24, 2.45) is 0 Å². The van der Waals surface area contributed by atoms with Crippen LogP contribution in [0.2, 0.25) is 0 Å². The fourth-order valence-corrected chi connectivity index (χ4v) is 2.82. The van der Waals surface area contributed by atoms with Crippen LogP contribution in [0.5, 0.6) is 5.75 Å². The summed E-state index contributed by atoms with van der Waals surface area (Å²) >= 11 is 0. The molecule has 3 rings (SSSR count). The highest BCUT2D eigenvalue weighted by atomic mass is 16.5. The monoisotopic (exact) mass is 266 g/mol. The topological polar surface area (TPSA) is 26.3 Å². The number of ketones is 1. The van der Waals surface area contributed by atoms with Gasteiger partial charge in [0.25, 0.3) is 0 Å². The van der Waals surface area contributed by atoms with Crippen molar-refractivity contribution in [3.8, 4) is 5.75 Å². The Balaban J connectivity index is 1.99. The first-order valence-electron chi connectivity index (χ1n) is 6.91. The van der Waals surface area contributed by atoms with Gasteiger partial charge < -0.3 is 4.74 Å². The molecule has 0 aromatic heterocycles. The molecular weight excluding hydrogens is 248 g/mol. The number of Topliss-reactive ketones (excluding diaryl/α,β-unsaturated/α-hetero) is 1. The van der Waals surface area contributed by atoms with E-state index in [4.69, 9.17) is 4.74 Å². The first kappa shape index (κ1) is 12.9. The van der Waals surface area contributed by atoms with Crippen LogP contribution in [0.15, 0.2) is 36.4 Å². The van der Waals surface area contributed by atoms with Crippen molar-refractivity contribution < 1.29 is 9.53 Å². The lowest BCUT2D eigenvalue weighted by atomic mass is 9.94. The second-order valence-electron chi connectivity index (χ2n) is 5.65. The van der Waals surface area contributed by atoms with Crippen LogP contribution < -0.4 is 4.74 Å². The van der Waals surface area contributed by atoms with Gasteiger partial charge in [0, 0.05) is 0 Å². The number of carbonyl (C=O) groups excluding carboxylic acids is 1. The fourth-order valence-electron chi connectivity index (χ4n) is 2.82. The SMILES string of the molecule is Cc1cc(C)cc(C2CC(=O)c3cc(C)ccc3O2)c1. The maximum absolute atomic E-state index is 12.3. The minimum Gasteiger partial charge on any atom is -0.484 e. The second kappa shape index (κ2) is 4.78. The van der Waals surface area contributed by atoms with Gasteiger partial charge in [-0.25, -0.2) is 0 Å². The van der Waals surface area contributed by atoms with Crippen LogP contribution in [0.25, 0.3) is 0 Å². The molecule has 1 aliphatic heterocycles. The molecule has 0 amide bonds. The molecule has 2 heteroatoms. The Hall–Kier alpha value is -2.09. The maximum atomic E-state index is 12.3. The van der Waals surface area contributed by atoms with E-state index in [2.05, 4.69) is 32.0 Å². The quantitative estimate of drug-likeness (QED) is 0.768. The van der Waals surface area contributed by atoms with Crippen LogP contribution in [-0.4, -0.2) is 5.78 Å². The van der Waals surface area contributed by atoms with Crippen molar-refractivity contribution in [3.63, 3.8) is 0 Å². The number of rotatable bonds is 1. The number of carbonyl (C=O) groups is 1.